The highest BCUT2D eigenvalue weighted by molar-refractivity contribution is 5.65. The van der Waals surface area contributed by atoms with Crippen molar-refractivity contribution in [2.45, 2.75) is 37.8 Å². The molecular weight excluding hydrogens is 251 g/mol. The largest absolute Gasteiger partial charge is 0.387 e. The molecule has 0 radical (unpaired) electrons. The van der Waals surface area contributed by atoms with Gasteiger partial charge in [0.2, 0.25) is 0 Å². The second-order valence-electron chi connectivity index (χ2n) is 5.23. The molecule has 19 heavy (non-hydrogen) atoms. The third-order valence-corrected chi connectivity index (χ3v) is 3.54. The molecule has 1 saturated heterocycles. The van der Waals surface area contributed by atoms with Crippen molar-refractivity contribution in [3.63, 3.8) is 0 Å². The van der Waals surface area contributed by atoms with Crippen LogP contribution in [0.3, 0.4) is 0 Å². The monoisotopic (exact) mass is 266 g/mol. The summed E-state index contributed by atoms with van der Waals surface area (Å²) in [5.41, 5.74) is 5.90. The van der Waals surface area contributed by atoms with Crippen LogP contribution in [0.1, 0.15) is 25.6 Å². The van der Waals surface area contributed by atoms with E-state index < -0.39 is 24.0 Å². The molecule has 3 atom stereocenters. The zero-order chi connectivity index (χ0) is 13.8. The highest BCUT2D eigenvalue weighted by Crippen LogP contribution is 2.41. The number of alkyl halides is 1. The number of anilines is 1. The van der Waals surface area contributed by atoms with Crippen molar-refractivity contribution in [3.05, 3.63) is 24.2 Å². The number of hydrogen-bond acceptors (Lipinski definition) is 5. The molecule has 3 heterocycles. The van der Waals surface area contributed by atoms with Crippen molar-refractivity contribution >= 4 is 11.3 Å². The van der Waals surface area contributed by atoms with Crippen molar-refractivity contribution in [2.75, 3.05) is 5.73 Å². The maximum Gasteiger partial charge on any atom is 0.160 e. The lowest BCUT2D eigenvalue weighted by molar-refractivity contribution is -0.0584. The molecule has 1 aliphatic rings. The second kappa shape index (κ2) is 3.88. The molecule has 6 nitrogen and oxygen atoms in total. The van der Waals surface area contributed by atoms with Crippen LogP contribution in [0.25, 0.3) is 5.52 Å². The first-order valence-corrected chi connectivity index (χ1v) is 6.00. The van der Waals surface area contributed by atoms with Gasteiger partial charge in [-0.1, -0.05) is 0 Å². The van der Waals surface area contributed by atoms with Crippen LogP contribution in [0, 0.1) is 0 Å². The maximum atomic E-state index is 14.2. The van der Waals surface area contributed by atoms with Gasteiger partial charge in [-0.3, -0.25) is 0 Å². The molecule has 2 aromatic rings. The van der Waals surface area contributed by atoms with Crippen molar-refractivity contribution < 1.29 is 14.2 Å². The zero-order valence-electron chi connectivity index (χ0n) is 10.6. The number of halogens is 1. The summed E-state index contributed by atoms with van der Waals surface area (Å²) < 4.78 is 21.3. The summed E-state index contributed by atoms with van der Waals surface area (Å²) in [6, 6.07) is 3.39. The quantitative estimate of drug-likeness (QED) is 0.799. The first-order chi connectivity index (χ1) is 8.92. The lowest BCUT2D eigenvalue weighted by Crippen LogP contribution is -2.35. The molecule has 3 N–H and O–H groups in total. The fourth-order valence-electron chi connectivity index (χ4n) is 2.42. The van der Waals surface area contributed by atoms with Gasteiger partial charge < -0.3 is 15.6 Å². The van der Waals surface area contributed by atoms with Gasteiger partial charge in [0.25, 0.3) is 0 Å². The van der Waals surface area contributed by atoms with Crippen LogP contribution in [0.4, 0.5) is 10.2 Å². The van der Waals surface area contributed by atoms with Crippen LogP contribution in [-0.4, -0.2) is 37.6 Å². The van der Waals surface area contributed by atoms with Gasteiger partial charge in [0.05, 0.1) is 11.3 Å². The molecular formula is C12H15FN4O2. The van der Waals surface area contributed by atoms with Crippen molar-refractivity contribution in [2.24, 2.45) is 0 Å². The average Bonchev–Trinajstić information content (AvgIpc) is 2.86. The van der Waals surface area contributed by atoms with Crippen molar-refractivity contribution in [3.8, 4) is 0 Å². The normalized spacial score (nSPS) is 30.0. The molecule has 0 aliphatic carbocycles. The van der Waals surface area contributed by atoms with E-state index in [2.05, 4.69) is 10.1 Å². The SMILES string of the molecule is CC1(C)O[C@@H](c2ccc3c(N)ncnn23)[C@H](F)[C@@H]1O. The number of nitrogen functional groups attached to an aromatic ring is 1. The highest BCUT2D eigenvalue weighted by Gasteiger charge is 2.50. The number of aliphatic hydroxyl groups is 1. The van der Waals surface area contributed by atoms with Gasteiger partial charge in [-0.15, -0.1) is 0 Å². The molecule has 102 valence electrons. The third kappa shape index (κ3) is 1.69. The molecule has 7 heteroatoms. The van der Waals surface area contributed by atoms with E-state index in [4.69, 9.17) is 10.5 Å². The van der Waals surface area contributed by atoms with Gasteiger partial charge in [0.15, 0.2) is 12.0 Å². The summed E-state index contributed by atoms with van der Waals surface area (Å²) >= 11 is 0. The second-order valence-corrected chi connectivity index (χ2v) is 5.23. The van der Waals surface area contributed by atoms with Crippen molar-refractivity contribution in [1.82, 2.24) is 14.6 Å². The molecule has 0 bridgehead atoms. The van der Waals surface area contributed by atoms with Gasteiger partial charge >= 0.3 is 0 Å². The Morgan fingerprint density at radius 1 is 1.47 bits per heavy atom. The number of fused-ring (bicyclic) bond motifs is 1. The number of rotatable bonds is 1. The Bertz CT molecular complexity index is 627. The van der Waals surface area contributed by atoms with E-state index >= 15 is 0 Å². The topological polar surface area (TPSA) is 85.7 Å². The van der Waals surface area contributed by atoms with E-state index in [9.17, 15) is 9.50 Å². The number of ether oxygens (including phenoxy) is 1. The fraction of sp³-hybridized carbons (Fsp3) is 0.500. The van der Waals surface area contributed by atoms with Gasteiger partial charge in [-0.2, -0.15) is 5.10 Å². The first kappa shape index (κ1) is 12.3. The standard InChI is InChI=1S/C12H15FN4O2/c1-12(2)10(18)8(13)9(19-12)6-3-4-7-11(14)15-5-16-17(6)7/h3-5,8-10,18H,1-2H3,(H2,14,15,16)/t8-,9-,10-/m0/s1. The van der Waals surface area contributed by atoms with E-state index in [0.29, 0.717) is 17.0 Å². The van der Waals surface area contributed by atoms with Crippen LogP contribution in [0.2, 0.25) is 0 Å². The Kier molecular flexibility index (Phi) is 2.51. The van der Waals surface area contributed by atoms with Crippen LogP contribution >= 0.6 is 0 Å². The Hall–Kier alpha value is -1.73. The lowest BCUT2D eigenvalue weighted by atomic mass is 9.99. The average molecular weight is 266 g/mol. The number of aliphatic hydroxyl groups excluding tert-OH is 1. The summed E-state index contributed by atoms with van der Waals surface area (Å²) in [7, 11) is 0. The molecule has 0 spiro atoms. The third-order valence-electron chi connectivity index (χ3n) is 3.54. The predicted molar refractivity (Wildman–Crippen MR) is 66.2 cm³/mol. The molecule has 2 aromatic heterocycles. The van der Waals surface area contributed by atoms with Crippen molar-refractivity contribution in [1.29, 1.82) is 0 Å². The van der Waals surface area contributed by atoms with Gasteiger partial charge in [0.1, 0.15) is 24.1 Å². The number of hydrogen-bond donors (Lipinski definition) is 2. The zero-order valence-corrected chi connectivity index (χ0v) is 10.6. The number of nitrogens with zero attached hydrogens (tertiary/aromatic N) is 3. The lowest BCUT2D eigenvalue weighted by Gasteiger charge is -2.21. The van der Waals surface area contributed by atoms with E-state index in [-0.39, 0.29) is 0 Å². The molecule has 0 aromatic carbocycles. The molecule has 1 aliphatic heterocycles. The summed E-state index contributed by atoms with van der Waals surface area (Å²) in [5.74, 6) is 0.314. The summed E-state index contributed by atoms with van der Waals surface area (Å²) in [4.78, 5) is 3.87. The van der Waals surface area contributed by atoms with Gasteiger partial charge in [-0.25, -0.2) is 13.9 Å². The minimum absolute atomic E-state index is 0.314. The highest BCUT2D eigenvalue weighted by atomic mass is 19.1. The molecule has 1 fully saturated rings. The number of aromatic nitrogens is 3. The number of nitrogens with two attached hydrogens (primary N) is 1. The Balaban J connectivity index is 2.09. The summed E-state index contributed by atoms with van der Waals surface area (Å²) in [6.07, 6.45) is -2.26. The smallest absolute Gasteiger partial charge is 0.160 e. The van der Waals surface area contributed by atoms with E-state index in [1.807, 2.05) is 0 Å². The minimum atomic E-state index is -1.51. The Morgan fingerprint density at radius 2 is 2.21 bits per heavy atom. The van der Waals surface area contributed by atoms with Crippen LogP contribution in [0.15, 0.2) is 18.5 Å². The minimum Gasteiger partial charge on any atom is -0.387 e. The van der Waals surface area contributed by atoms with Crippen LogP contribution in [0.5, 0.6) is 0 Å². The van der Waals surface area contributed by atoms with E-state index in [1.54, 1.807) is 26.0 Å². The summed E-state index contributed by atoms with van der Waals surface area (Å²) in [5, 5.41) is 13.9. The van der Waals surface area contributed by atoms with Crippen LogP contribution < -0.4 is 5.73 Å². The van der Waals surface area contributed by atoms with Gasteiger partial charge in [-0.05, 0) is 26.0 Å². The predicted octanol–water partition coefficient (Wildman–Crippen LogP) is 0.860. The Labute approximate surface area is 109 Å². The fourth-order valence-corrected chi connectivity index (χ4v) is 2.42. The van der Waals surface area contributed by atoms with Gasteiger partial charge in [0, 0.05) is 0 Å². The molecule has 0 amide bonds. The van der Waals surface area contributed by atoms with E-state index in [1.165, 1.54) is 10.8 Å². The molecule has 0 saturated carbocycles. The Morgan fingerprint density at radius 3 is 2.84 bits per heavy atom. The van der Waals surface area contributed by atoms with E-state index in [0.717, 1.165) is 0 Å². The van der Waals surface area contributed by atoms with Crippen LogP contribution in [-0.2, 0) is 4.74 Å². The molecule has 0 unspecified atom stereocenters. The summed E-state index contributed by atoms with van der Waals surface area (Å²) in [6.45, 7) is 3.31. The first-order valence-electron chi connectivity index (χ1n) is 6.00. The maximum absolute atomic E-state index is 14.2. The molecule has 3 rings (SSSR count).